The van der Waals surface area contributed by atoms with Crippen molar-refractivity contribution < 1.29 is 4.79 Å². The van der Waals surface area contributed by atoms with Gasteiger partial charge >= 0.3 is 0 Å². The molecule has 0 fully saturated rings. The Hall–Kier alpha value is -2.41. The molecule has 2 rings (SSSR count). The number of hydrogen-bond acceptors (Lipinski definition) is 4. The van der Waals surface area contributed by atoms with Gasteiger partial charge in [-0.05, 0) is 20.8 Å². The quantitative estimate of drug-likeness (QED) is 0.559. The summed E-state index contributed by atoms with van der Waals surface area (Å²) in [6.45, 7) is 8.98. The van der Waals surface area contributed by atoms with Gasteiger partial charge in [0.2, 0.25) is 5.91 Å². The van der Waals surface area contributed by atoms with Crippen LogP contribution < -0.4 is 5.32 Å². The van der Waals surface area contributed by atoms with Crippen molar-refractivity contribution in [2.75, 3.05) is 33.2 Å². The van der Waals surface area contributed by atoms with Gasteiger partial charge in [0.1, 0.15) is 5.01 Å². The number of carbonyl (C=O) groups excluding carboxylic acids is 1. The molecule has 0 saturated heterocycles. The molecule has 1 amide bonds. The zero-order valence-corrected chi connectivity index (χ0v) is 17.4. The monoisotopic (exact) mass is 387 g/mol. The molecule has 1 heterocycles. The summed E-state index contributed by atoms with van der Waals surface area (Å²) < 4.78 is 0. The van der Waals surface area contributed by atoms with Crippen LogP contribution in [0.3, 0.4) is 0 Å². The van der Waals surface area contributed by atoms with Crippen LogP contribution in [0.25, 0.3) is 10.6 Å². The molecule has 0 aliphatic rings. The molecule has 0 spiro atoms. The predicted octanol–water partition coefficient (Wildman–Crippen LogP) is 3.08. The van der Waals surface area contributed by atoms with Crippen molar-refractivity contribution in [2.45, 2.75) is 27.3 Å². The van der Waals surface area contributed by atoms with Crippen LogP contribution in [0.2, 0.25) is 0 Å². The molecule has 27 heavy (non-hydrogen) atoms. The second kappa shape index (κ2) is 10.7. The first kappa shape index (κ1) is 20.9. The summed E-state index contributed by atoms with van der Waals surface area (Å²) in [4.78, 5) is 25.4. The fraction of sp³-hybridized carbons (Fsp3) is 0.450. The van der Waals surface area contributed by atoms with Crippen molar-refractivity contribution in [1.29, 1.82) is 0 Å². The van der Waals surface area contributed by atoms with E-state index in [1.54, 1.807) is 11.3 Å². The Labute approximate surface area is 165 Å². The number of thiazole rings is 1. The van der Waals surface area contributed by atoms with Gasteiger partial charge in [0.15, 0.2) is 5.96 Å². The maximum atomic E-state index is 12.3. The highest BCUT2D eigenvalue weighted by atomic mass is 32.1. The van der Waals surface area contributed by atoms with E-state index in [4.69, 9.17) is 0 Å². The van der Waals surface area contributed by atoms with Crippen molar-refractivity contribution in [3.8, 4) is 10.6 Å². The van der Waals surface area contributed by atoms with Gasteiger partial charge in [0.25, 0.3) is 0 Å². The first-order chi connectivity index (χ1) is 13.1. The molecular weight excluding hydrogens is 358 g/mol. The average Bonchev–Trinajstić information content (AvgIpc) is 3.15. The average molecular weight is 388 g/mol. The molecule has 0 aliphatic heterocycles. The van der Waals surface area contributed by atoms with E-state index in [1.165, 1.54) is 0 Å². The summed E-state index contributed by atoms with van der Waals surface area (Å²) in [5.41, 5.74) is 2.05. The Morgan fingerprint density at radius 2 is 1.89 bits per heavy atom. The SMILES string of the molecule is CCNC(=NCc1csc(-c2ccccc2)n1)N(C)CC(=O)N(CC)CC. The van der Waals surface area contributed by atoms with E-state index in [9.17, 15) is 4.79 Å². The number of nitrogens with zero attached hydrogens (tertiary/aromatic N) is 4. The molecule has 0 aliphatic carbocycles. The van der Waals surface area contributed by atoms with Crippen LogP contribution >= 0.6 is 11.3 Å². The number of carbonyl (C=O) groups is 1. The second-order valence-corrected chi connectivity index (χ2v) is 6.96. The fourth-order valence-corrected chi connectivity index (χ4v) is 3.49. The van der Waals surface area contributed by atoms with E-state index in [0.717, 1.165) is 35.9 Å². The lowest BCUT2D eigenvalue weighted by Gasteiger charge is -2.25. The zero-order valence-electron chi connectivity index (χ0n) is 16.6. The number of benzene rings is 1. The Bertz CT molecular complexity index is 740. The van der Waals surface area contributed by atoms with Crippen LogP contribution in [-0.4, -0.2) is 59.9 Å². The second-order valence-electron chi connectivity index (χ2n) is 6.10. The lowest BCUT2D eigenvalue weighted by molar-refractivity contribution is -0.131. The third-order valence-electron chi connectivity index (χ3n) is 4.15. The highest BCUT2D eigenvalue weighted by Crippen LogP contribution is 2.23. The van der Waals surface area contributed by atoms with Crippen LogP contribution in [-0.2, 0) is 11.3 Å². The molecule has 1 aromatic carbocycles. The van der Waals surface area contributed by atoms with E-state index in [2.05, 4.69) is 27.4 Å². The third kappa shape index (κ3) is 6.06. The summed E-state index contributed by atoms with van der Waals surface area (Å²) in [7, 11) is 1.89. The van der Waals surface area contributed by atoms with E-state index >= 15 is 0 Å². The number of hydrogen-bond donors (Lipinski definition) is 1. The highest BCUT2D eigenvalue weighted by molar-refractivity contribution is 7.13. The van der Waals surface area contributed by atoms with Crippen molar-refractivity contribution in [3.63, 3.8) is 0 Å². The van der Waals surface area contributed by atoms with Gasteiger partial charge in [-0.15, -0.1) is 11.3 Å². The Balaban J connectivity index is 2.04. The van der Waals surface area contributed by atoms with Crippen LogP contribution in [0.1, 0.15) is 26.5 Å². The Morgan fingerprint density at radius 1 is 1.19 bits per heavy atom. The number of rotatable bonds is 8. The molecule has 0 radical (unpaired) electrons. The van der Waals surface area contributed by atoms with Gasteiger partial charge in [-0.1, -0.05) is 30.3 Å². The molecule has 0 atom stereocenters. The molecule has 0 bridgehead atoms. The predicted molar refractivity (Wildman–Crippen MR) is 113 cm³/mol. The summed E-state index contributed by atoms with van der Waals surface area (Å²) in [6, 6.07) is 10.1. The Morgan fingerprint density at radius 3 is 2.52 bits per heavy atom. The zero-order chi connectivity index (χ0) is 19.6. The van der Waals surface area contributed by atoms with Crippen LogP contribution in [0, 0.1) is 0 Å². The van der Waals surface area contributed by atoms with Gasteiger partial charge in [0, 0.05) is 37.6 Å². The number of aliphatic imine (C=N–C) groups is 1. The van der Waals surface area contributed by atoms with Crippen LogP contribution in [0.4, 0.5) is 0 Å². The molecule has 2 aromatic rings. The van der Waals surface area contributed by atoms with Gasteiger partial charge in [-0.2, -0.15) is 0 Å². The Kier molecular flexibility index (Phi) is 8.26. The fourth-order valence-electron chi connectivity index (χ4n) is 2.67. The molecule has 146 valence electrons. The number of guanidine groups is 1. The molecule has 0 unspecified atom stereocenters. The smallest absolute Gasteiger partial charge is 0.242 e. The van der Waals surface area contributed by atoms with E-state index in [1.807, 2.05) is 61.2 Å². The third-order valence-corrected chi connectivity index (χ3v) is 5.09. The summed E-state index contributed by atoms with van der Waals surface area (Å²) in [6.07, 6.45) is 0. The maximum absolute atomic E-state index is 12.3. The molecule has 6 nitrogen and oxygen atoms in total. The largest absolute Gasteiger partial charge is 0.357 e. The topological polar surface area (TPSA) is 60.8 Å². The molecule has 0 saturated carbocycles. The summed E-state index contributed by atoms with van der Waals surface area (Å²) in [5, 5.41) is 6.29. The van der Waals surface area contributed by atoms with Crippen molar-refractivity contribution in [2.24, 2.45) is 4.99 Å². The van der Waals surface area contributed by atoms with Gasteiger partial charge in [0.05, 0.1) is 18.8 Å². The van der Waals surface area contributed by atoms with Crippen LogP contribution in [0.5, 0.6) is 0 Å². The maximum Gasteiger partial charge on any atom is 0.242 e. The normalized spacial score (nSPS) is 11.3. The molecule has 1 aromatic heterocycles. The minimum atomic E-state index is 0.105. The summed E-state index contributed by atoms with van der Waals surface area (Å²) >= 11 is 1.62. The van der Waals surface area contributed by atoms with E-state index in [-0.39, 0.29) is 5.91 Å². The van der Waals surface area contributed by atoms with Crippen molar-refractivity contribution in [3.05, 3.63) is 41.4 Å². The van der Waals surface area contributed by atoms with Gasteiger partial charge < -0.3 is 15.1 Å². The molecule has 7 heteroatoms. The lowest BCUT2D eigenvalue weighted by atomic mass is 10.2. The number of aromatic nitrogens is 1. The molecule has 1 N–H and O–H groups in total. The molecular formula is C20H29N5OS. The van der Waals surface area contributed by atoms with E-state index < -0.39 is 0 Å². The van der Waals surface area contributed by atoms with E-state index in [0.29, 0.717) is 19.0 Å². The van der Waals surface area contributed by atoms with Crippen molar-refractivity contribution >= 4 is 23.2 Å². The van der Waals surface area contributed by atoms with Gasteiger partial charge in [-0.25, -0.2) is 9.98 Å². The first-order valence-corrected chi connectivity index (χ1v) is 10.2. The van der Waals surface area contributed by atoms with Crippen LogP contribution in [0.15, 0.2) is 40.7 Å². The van der Waals surface area contributed by atoms with Gasteiger partial charge in [-0.3, -0.25) is 4.79 Å². The number of nitrogens with one attached hydrogen (secondary N) is 1. The number of amides is 1. The standard InChI is InChI=1S/C20H29N5OS/c1-5-21-20(24(4)14-18(26)25(6-2)7-3)22-13-17-15-27-19(23-17)16-11-9-8-10-12-16/h8-12,15H,5-7,13-14H2,1-4H3,(H,21,22). The number of likely N-dealkylation sites (N-methyl/N-ethyl adjacent to an activating group) is 2. The minimum Gasteiger partial charge on any atom is -0.357 e. The minimum absolute atomic E-state index is 0.105. The summed E-state index contributed by atoms with van der Waals surface area (Å²) in [5.74, 6) is 0.820. The van der Waals surface area contributed by atoms with Crippen molar-refractivity contribution in [1.82, 2.24) is 20.1 Å². The first-order valence-electron chi connectivity index (χ1n) is 9.36. The highest BCUT2D eigenvalue weighted by Gasteiger charge is 2.15. The lowest BCUT2D eigenvalue weighted by Crippen LogP contribution is -2.45.